The van der Waals surface area contributed by atoms with E-state index in [-0.39, 0.29) is 0 Å². The number of nitrogens with one attached hydrogen (secondary N) is 2. The summed E-state index contributed by atoms with van der Waals surface area (Å²) in [5.41, 5.74) is 8.82. The molecule has 2 aromatic carbocycles. The van der Waals surface area contributed by atoms with Crippen LogP contribution in [0.15, 0.2) is 36.4 Å². The third-order valence-corrected chi connectivity index (χ3v) is 5.73. The first-order valence-electron chi connectivity index (χ1n) is 10.7. The van der Waals surface area contributed by atoms with E-state index in [0.29, 0.717) is 27.8 Å². The molecule has 0 fully saturated rings. The minimum atomic E-state index is -0.675. The summed E-state index contributed by atoms with van der Waals surface area (Å²) < 4.78 is 5.73. The monoisotopic (exact) mass is 464 g/mol. The molecule has 8 heteroatoms. The second-order valence-corrected chi connectivity index (χ2v) is 8.41. The maximum Gasteiger partial charge on any atom is 0.107 e. The largest absolute Gasteiger partial charge is 0.396 e. The first-order valence-corrected chi connectivity index (χ1v) is 11.4. The lowest BCUT2D eigenvalue weighted by molar-refractivity contribution is 0.127. The van der Waals surface area contributed by atoms with Gasteiger partial charge in [-0.05, 0) is 62.1 Å². The molecule has 3 aromatic rings. The minimum absolute atomic E-state index is 0.337. The smallest absolute Gasteiger partial charge is 0.107 e. The predicted octanol–water partition coefficient (Wildman–Crippen LogP) is 4.89. The van der Waals surface area contributed by atoms with Crippen LogP contribution in [0.2, 0.25) is 10.0 Å². The van der Waals surface area contributed by atoms with Crippen molar-refractivity contribution in [3.63, 3.8) is 0 Å². The summed E-state index contributed by atoms with van der Waals surface area (Å²) in [5, 5.41) is 14.2. The number of H-pyrrole nitrogens is 1. The molecule has 0 saturated carbocycles. The van der Waals surface area contributed by atoms with Gasteiger partial charge in [-0.3, -0.25) is 0 Å². The van der Waals surface area contributed by atoms with Crippen molar-refractivity contribution in [3.05, 3.63) is 57.8 Å². The Morgan fingerprint density at radius 1 is 1.06 bits per heavy atom. The quantitative estimate of drug-likeness (QED) is 0.213. The molecule has 0 aliphatic heterocycles. The molecule has 168 valence electrons. The van der Waals surface area contributed by atoms with Gasteiger partial charge in [0.2, 0.25) is 0 Å². The Bertz CT molecular complexity index is 908. The fourth-order valence-electron chi connectivity index (χ4n) is 3.35. The zero-order valence-corrected chi connectivity index (χ0v) is 19.1. The average Bonchev–Trinajstić information content (AvgIpc) is 3.18. The van der Waals surface area contributed by atoms with Crippen LogP contribution < -0.4 is 11.1 Å². The highest BCUT2D eigenvalue weighted by molar-refractivity contribution is 6.38. The van der Waals surface area contributed by atoms with Crippen LogP contribution in [0.5, 0.6) is 0 Å². The van der Waals surface area contributed by atoms with Crippen LogP contribution in [0.3, 0.4) is 0 Å². The number of anilines is 1. The molecule has 1 aromatic heterocycles. The van der Waals surface area contributed by atoms with E-state index in [2.05, 4.69) is 15.3 Å². The van der Waals surface area contributed by atoms with Crippen molar-refractivity contribution in [2.45, 2.75) is 38.2 Å². The number of aromatic nitrogens is 2. The van der Waals surface area contributed by atoms with Gasteiger partial charge in [0.05, 0.1) is 32.9 Å². The molecule has 0 spiro atoms. The molecule has 31 heavy (non-hydrogen) atoms. The molecule has 6 nitrogen and oxygen atoms in total. The third kappa shape index (κ3) is 7.37. The first-order chi connectivity index (χ1) is 15.0. The number of ether oxygens (including phenoxy) is 1. The molecule has 5 N–H and O–H groups in total. The molecule has 1 atom stereocenters. The van der Waals surface area contributed by atoms with Crippen molar-refractivity contribution in [1.29, 1.82) is 0 Å². The van der Waals surface area contributed by atoms with Crippen LogP contribution in [0, 0.1) is 0 Å². The van der Waals surface area contributed by atoms with Crippen LogP contribution in [-0.4, -0.2) is 41.4 Å². The summed E-state index contributed by atoms with van der Waals surface area (Å²) in [6.45, 7) is 2.79. The molecule has 0 radical (unpaired) electrons. The van der Waals surface area contributed by atoms with Crippen LogP contribution in [0.4, 0.5) is 5.69 Å². The Hall–Kier alpha value is -1.83. The Morgan fingerprint density at radius 3 is 2.58 bits per heavy atom. The van der Waals surface area contributed by atoms with E-state index < -0.39 is 6.10 Å². The Labute approximate surface area is 193 Å². The van der Waals surface area contributed by atoms with Gasteiger partial charge in [-0.1, -0.05) is 35.3 Å². The number of nitrogens with two attached hydrogens (primary N) is 1. The number of unbranched alkanes of at least 4 members (excludes halogenated alkanes) is 2. The van der Waals surface area contributed by atoms with Gasteiger partial charge in [0.15, 0.2) is 0 Å². The Balaban J connectivity index is 1.18. The number of benzene rings is 2. The predicted molar refractivity (Wildman–Crippen MR) is 128 cm³/mol. The van der Waals surface area contributed by atoms with Gasteiger partial charge in [0.1, 0.15) is 5.82 Å². The minimum Gasteiger partial charge on any atom is -0.396 e. The van der Waals surface area contributed by atoms with Crippen molar-refractivity contribution < 1.29 is 9.84 Å². The molecular formula is C23H30Cl2N4O2. The SMILES string of the molecule is Nc1c(Cl)cc(C(O)CNCCCCCOCCCc2nc3ccccc3[nH]2)cc1Cl. The summed E-state index contributed by atoms with van der Waals surface area (Å²) >= 11 is 12.0. The average molecular weight is 465 g/mol. The lowest BCUT2D eigenvalue weighted by atomic mass is 10.1. The van der Waals surface area contributed by atoms with E-state index in [4.69, 9.17) is 33.7 Å². The highest BCUT2D eigenvalue weighted by atomic mass is 35.5. The van der Waals surface area contributed by atoms with Crippen LogP contribution in [-0.2, 0) is 11.2 Å². The van der Waals surface area contributed by atoms with E-state index in [1.54, 1.807) is 12.1 Å². The van der Waals surface area contributed by atoms with Crippen LogP contribution in [0.1, 0.15) is 43.2 Å². The summed E-state index contributed by atoms with van der Waals surface area (Å²) in [5.74, 6) is 1.02. The summed E-state index contributed by atoms with van der Waals surface area (Å²) in [6.07, 6.45) is 4.30. The number of aliphatic hydroxyl groups excluding tert-OH is 1. The van der Waals surface area contributed by atoms with E-state index >= 15 is 0 Å². The normalized spacial score (nSPS) is 12.5. The number of aliphatic hydroxyl groups is 1. The highest BCUT2D eigenvalue weighted by Gasteiger charge is 2.11. The van der Waals surface area contributed by atoms with Gasteiger partial charge in [0.25, 0.3) is 0 Å². The van der Waals surface area contributed by atoms with Gasteiger partial charge < -0.3 is 25.9 Å². The molecule has 1 unspecified atom stereocenters. The van der Waals surface area contributed by atoms with Crippen molar-refractivity contribution in [1.82, 2.24) is 15.3 Å². The lowest BCUT2D eigenvalue weighted by Gasteiger charge is -2.14. The number of imidazole rings is 1. The van der Waals surface area contributed by atoms with E-state index in [1.807, 2.05) is 24.3 Å². The fourth-order valence-corrected chi connectivity index (χ4v) is 3.86. The number of aromatic amines is 1. The zero-order valence-electron chi connectivity index (χ0n) is 17.5. The fraction of sp³-hybridized carbons (Fsp3) is 0.435. The van der Waals surface area contributed by atoms with Crippen LogP contribution >= 0.6 is 23.2 Å². The maximum absolute atomic E-state index is 10.3. The Kier molecular flexibility index (Phi) is 9.43. The third-order valence-electron chi connectivity index (χ3n) is 5.11. The van der Waals surface area contributed by atoms with Gasteiger partial charge in [-0.15, -0.1) is 0 Å². The molecule has 1 heterocycles. The topological polar surface area (TPSA) is 96.2 Å². The summed E-state index contributed by atoms with van der Waals surface area (Å²) in [7, 11) is 0. The molecule has 0 bridgehead atoms. The second-order valence-electron chi connectivity index (χ2n) is 7.60. The number of nitrogens with zero attached hydrogens (tertiary/aromatic N) is 1. The number of hydrogen-bond donors (Lipinski definition) is 4. The van der Waals surface area contributed by atoms with Crippen molar-refractivity contribution in [2.24, 2.45) is 0 Å². The summed E-state index contributed by atoms with van der Waals surface area (Å²) in [4.78, 5) is 7.92. The molecule has 3 rings (SSSR count). The zero-order chi connectivity index (χ0) is 22.1. The Morgan fingerprint density at radius 2 is 1.81 bits per heavy atom. The van der Waals surface area contributed by atoms with Crippen molar-refractivity contribution >= 4 is 39.9 Å². The first kappa shape index (κ1) is 23.8. The number of hydrogen-bond acceptors (Lipinski definition) is 5. The molecule has 0 aliphatic rings. The molecule has 0 amide bonds. The number of nitrogen functional groups attached to an aromatic ring is 1. The number of halogens is 2. The summed E-state index contributed by atoms with van der Waals surface area (Å²) in [6, 6.07) is 11.4. The maximum atomic E-state index is 10.3. The second kappa shape index (κ2) is 12.3. The number of fused-ring (bicyclic) bond motifs is 1. The molecular weight excluding hydrogens is 435 g/mol. The van der Waals surface area contributed by atoms with Crippen LogP contribution in [0.25, 0.3) is 11.0 Å². The number of rotatable bonds is 13. The lowest BCUT2D eigenvalue weighted by Crippen LogP contribution is -2.22. The number of para-hydroxylation sites is 2. The van der Waals surface area contributed by atoms with E-state index in [9.17, 15) is 5.11 Å². The van der Waals surface area contributed by atoms with E-state index in [1.165, 1.54) is 0 Å². The number of aryl methyl sites for hydroxylation is 1. The van der Waals surface area contributed by atoms with Gasteiger partial charge >= 0.3 is 0 Å². The highest BCUT2D eigenvalue weighted by Crippen LogP contribution is 2.31. The molecule has 0 saturated heterocycles. The van der Waals surface area contributed by atoms with Crippen molar-refractivity contribution in [2.75, 3.05) is 32.0 Å². The standard InChI is InChI=1S/C23H30Cl2N4O2/c24-17-13-16(14-18(25)23(17)26)21(30)15-27-10-4-1-5-11-31-12-6-9-22-28-19-7-2-3-8-20(19)29-22/h2-3,7-8,13-14,21,27,30H,1,4-6,9-12,15,26H2,(H,28,29). The van der Waals surface area contributed by atoms with Gasteiger partial charge in [-0.25, -0.2) is 4.98 Å². The molecule has 0 aliphatic carbocycles. The van der Waals surface area contributed by atoms with Crippen molar-refractivity contribution in [3.8, 4) is 0 Å². The van der Waals surface area contributed by atoms with Gasteiger partial charge in [0, 0.05) is 26.2 Å². The van der Waals surface area contributed by atoms with Gasteiger partial charge in [-0.2, -0.15) is 0 Å². The van der Waals surface area contributed by atoms with E-state index in [0.717, 1.165) is 68.7 Å².